The van der Waals surface area contributed by atoms with Crippen LogP contribution in [0, 0.1) is 0 Å². The van der Waals surface area contributed by atoms with Gasteiger partial charge in [0.25, 0.3) is 0 Å². The molecule has 0 fully saturated rings. The molecule has 0 radical (unpaired) electrons. The quantitative estimate of drug-likeness (QED) is 0.0373. The molecule has 0 heterocycles. The van der Waals surface area contributed by atoms with E-state index in [1.807, 2.05) is 0 Å². The molecule has 0 aromatic heterocycles. The molecule has 0 aromatic rings. The fourth-order valence-corrected chi connectivity index (χ4v) is 5.97. The normalized spacial score (nSPS) is 16.1. The zero-order valence-electron chi connectivity index (χ0n) is 38.1. The van der Waals surface area contributed by atoms with Crippen molar-refractivity contribution in [1.29, 1.82) is 0 Å². The second-order valence-electron chi connectivity index (χ2n) is 16.7. The Hall–Kier alpha value is -3.65. The Kier molecular flexibility index (Phi) is 21.9. The van der Waals surface area contributed by atoms with Gasteiger partial charge < -0.3 is 9.47 Å². The van der Waals surface area contributed by atoms with Crippen LogP contribution in [0.1, 0.15) is 97.3 Å². The molecule has 78 heavy (non-hydrogen) atoms. The number of alkyl halides is 37. The first kappa shape index (κ1) is 74.3. The number of hydrogen-bond acceptors (Lipinski definition) is 4. The number of halogens is 37. The van der Waals surface area contributed by atoms with Crippen molar-refractivity contribution in [2.45, 2.75) is 210 Å². The van der Waals surface area contributed by atoms with Gasteiger partial charge in [0, 0.05) is 12.8 Å². The Morgan fingerprint density at radius 1 is 0.295 bits per heavy atom. The number of hydrogen-bond donors (Lipinski definition) is 0. The topological polar surface area (TPSA) is 52.6 Å². The summed E-state index contributed by atoms with van der Waals surface area (Å²) in [4.78, 5) is 24.3. The monoisotopic (exact) mass is 1250 g/mol. The molecule has 1 unspecified atom stereocenters. The van der Waals surface area contributed by atoms with Crippen molar-refractivity contribution < 1.29 is 182 Å². The van der Waals surface area contributed by atoms with Gasteiger partial charge in [0.2, 0.25) is 0 Å². The van der Waals surface area contributed by atoms with Crippen LogP contribution >= 0.6 is 0 Å². The predicted molar refractivity (Wildman–Crippen MR) is 182 cm³/mol. The van der Waals surface area contributed by atoms with E-state index >= 15 is 0 Å². The molecule has 4 nitrogen and oxygen atoms in total. The van der Waals surface area contributed by atoms with Crippen molar-refractivity contribution in [3.05, 3.63) is 0 Å². The van der Waals surface area contributed by atoms with E-state index in [9.17, 15) is 172 Å². The molecule has 0 aliphatic heterocycles. The molecule has 1 atom stereocenters. The number of esters is 2. The highest BCUT2D eigenvalue weighted by Gasteiger charge is 3.02. The molecule has 0 saturated carbocycles. The summed E-state index contributed by atoms with van der Waals surface area (Å²) in [7, 11) is 0. The van der Waals surface area contributed by atoms with E-state index in [4.69, 9.17) is 0 Å². The maximum Gasteiger partial charge on any atom is 0.460 e. The standard InChI is InChI=1S/C37H35F37O4/c1-3-5-7-9-11-13-18(75)77-16-17(78-19(76)14-12-10-8-6-4-2)15-20(38,39)21(40,41)22(42,43)23(44,45)24(46,47)25(48,49)26(50,51)27(52,53)28(54,55)29(56,57)30(58,59)31(60,61)32(62,63)33(64,65)34(66,67)35(68,69)36(70,71)37(72,73)74/h17H,3-16H2,1-2H3. The van der Waals surface area contributed by atoms with E-state index < -0.39 is 151 Å². The molecule has 0 bridgehead atoms. The van der Waals surface area contributed by atoms with Crippen molar-refractivity contribution in [3.63, 3.8) is 0 Å². The van der Waals surface area contributed by atoms with E-state index in [1.165, 1.54) is 0 Å². The Labute approximate surface area is 411 Å². The summed E-state index contributed by atoms with van der Waals surface area (Å²) in [5.74, 6) is -171. The van der Waals surface area contributed by atoms with Crippen molar-refractivity contribution in [1.82, 2.24) is 0 Å². The third-order valence-electron chi connectivity index (χ3n) is 10.9. The molecular formula is C37H35F37O4. The summed E-state index contributed by atoms with van der Waals surface area (Å²) < 4.78 is 529. The minimum Gasteiger partial charge on any atom is -0.462 e. The number of carbonyl (C=O) groups is 2. The van der Waals surface area contributed by atoms with Gasteiger partial charge in [-0.25, -0.2) is 0 Å². The molecule has 0 aliphatic carbocycles. The van der Waals surface area contributed by atoms with Crippen LogP contribution in [-0.4, -0.2) is 132 Å². The van der Waals surface area contributed by atoms with Gasteiger partial charge in [-0.1, -0.05) is 65.2 Å². The average Bonchev–Trinajstić information content (AvgIpc) is 3.26. The number of ether oxygens (including phenoxy) is 2. The highest BCUT2D eigenvalue weighted by Crippen LogP contribution is 2.71. The van der Waals surface area contributed by atoms with Gasteiger partial charge in [-0.15, -0.1) is 0 Å². The lowest BCUT2D eigenvalue weighted by Gasteiger charge is -2.47. The maximum absolute atomic E-state index is 15.0. The largest absolute Gasteiger partial charge is 0.462 e. The van der Waals surface area contributed by atoms with E-state index in [2.05, 4.69) is 9.47 Å². The number of unbranched alkanes of at least 4 members (excludes halogenated alkanes) is 8. The second kappa shape index (κ2) is 22.9. The minimum atomic E-state index is -10.5. The van der Waals surface area contributed by atoms with Crippen LogP contribution in [0.4, 0.5) is 162 Å². The lowest BCUT2D eigenvalue weighted by Crippen LogP contribution is -2.80. The fraction of sp³-hybridized carbons (Fsp3) is 0.946. The average molecular weight is 1250 g/mol. The summed E-state index contributed by atoms with van der Waals surface area (Å²) in [6.45, 7) is 1.30. The van der Waals surface area contributed by atoms with E-state index in [-0.39, 0.29) is 25.7 Å². The Morgan fingerprint density at radius 2 is 0.513 bits per heavy atom. The van der Waals surface area contributed by atoms with Gasteiger partial charge in [-0.05, 0) is 12.8 Å². The maximum atomic E-state index is 15.0. The van der Waals surface area contributed by atoms with Crippen LogP contribution in [-0.2, 0) is 19.1 Å². The summed E-state index contributed by atoms with van der Waals surface area (Å²) in [5.41, 5.74) is 0. The Balaban J connectivity index is 7.62. The first-order valence-corrected chi connectivity index (χ1v) is 20.9. The summed E-state index contributed by atoms with van der Waals surface area (Å²) in [5, 5.41) is 0. The first-order valence-electron chi connectivity index (χ1n) is 20.9. The van der Waals surface area contributed by atoms with Gasteiger partial charge in [0.1, 0.15) is 12.7 Å². The summed E-state index contributed by atoms with van der Waals surface area (Å²) in [6, 6.07) is 0. The predicted octanol–water partition coefficient (Wildman–Crippen LogP) is 16.9. The molecule has 41 heteroatoms. The van der Waals surface area contributed by atoms with Gasteiger partial charge >= 0.3 is 119 Å². The van der Waals surface area contributed by atoms with Gasteiger partial charge in [0.05, 0.1) is 6.42 Å². The summed E-state index contributed by atoms with van der Waals surface area (Å²) in [6.07, 6.45) is -14.5. The zero-order valence-corrected chi connectivity index (χ0v) is 38.1. The third-order valence-corrected chi connectivity index (χ3v) is 10.9. The summed E-state index contributed by atoms with van der Waals surface area (Å²) >= 11 is 0. The molecule has 0 aromatic carbocycles. The molecule has 0 aliphatic rings. The van der Waals surface area contributed by atoms with E-state index in [0.717, 1.165) is 0 Å². The van der Waals surface area contributed by atoms with Crippen LogP contribution in [0.25, 0.3) is 0 Å². The smallest absolute Gasteiger partial charge is 0.460 e. The zero-order chi connectivity index (χ0) is 63.0. The highest BCUT2D eigenvalue weighted by molar-refractivity contribution is 5.70. The van der Waals surface area contributed by atoms with Gasteiger partial charge in [0.15, 0.2) is 0 Å². The number of carbonyl (C=O) groups excluding carboxylic acids is 2. The van der Waals surface area contributed by atoms with Crippen LogP contribution in [0.5, 0.6) is 0 Å². The fourth-order valence-electron chi connectivity index (χ4n) is 5.97. The van der Waals surface area contributed by atoms with Crippen LogP contribution in [0.2, 0.25) is 0 Å². The molecule has 0 spiro atoms. The van der Waals surface area contributed by atoms with Gasteiger partial charge in [-0.3, -0.25) is 9.59 Å². The number of rotatable bonds is 33. The Bertz CT molecular complexity index is 1990. The van der Waals surface area contributed by atoms with Crippen LogP contribution in [0.3, 0.4) is 0 Å². The van der Waals surface area contributed by atoms with Gasteiger partial charge in [-0.2, -0.15) is 162 Å². The molecular weight excluding hydrogens is 1210 g/mol. The molecule has 0 N–H and O–H groups in total. The molecule has 0 rings (SSSR count). The highest BCUT2D eigenvalue weighted by atomic mass is 19.4. The van der Waals surface area contributed by atoms with Crippen LogP contribution in [0.15, 0.2) is 0 Å². The molecule has 0 amide bonds. The SMILES string of the molecule is CCCCCCCC(=O)OCC(CC(F)(F)C(F)(F)C(F)(F)C(F)(F)C(F)(F)C(F)(F)C(F)(F)C(F)(F)C(F)(F)C(F)(F)C(F)(F)C(F)(F)C(F)(F)C(F)(F)C(F)(F)C(F)(F)C(F)(F)C(F)(F)F)OC(=O)CCCCCCC. The van der Waals surface area contributed by atoms with Crippen molar-refractivity contribution in [3.8, 4) is 0 Å². The second-order valence-corrected chi connectivity index (χ2v) is 16.7. The minimum absolute atomic E-state index is 0.0607. The van der Waals surface area contributed by atoms with E-state index in [0.29, 0.717) is 38.5 Å². The first-order chi connectivity index (χ1) is 34.0. The van der Waals surface area contributed by atoms with Crippen molar-refractivity contribution in [2.75, 3.05) is 6.61 Å². The van der Waals surface area contributed by atoms with Crippen molar-refractivity contribution in [2.24, 2.45) is 0 Å². The van der Waals surface area contributed by atoms with E-state index in [1.54, 1.807) is 13.8 Å². The lowest BCUT2D eigenvalue weighted by molar-refractivity contribution is -0.493. The lowest BCUT2D eigenvalue weighted by atomic mass is 9.82. The molecule has 466 valence electrons. The molecule has 0 saturated heterocycles. The Morgan fingerprint density at radius 3 is 0.756 bits per heavy atom. The van der Waals surface area contributed by atoms with Crippen molar-refractivity contribution >= 4 is 11.9 Å². The third kappa shape index (κ3) is 11.7. The van der Waals surface area contributed by atoms with Crippen LogP contribution < -0.4 is 0 Å².